The van der Waals surface area contributed by atoms with Crippen molar-refractivity contribution in [1.82, 2.24) is 9.97 Å². The summed E-state index contributed by atoms with van der Waals surface area (Å²) >= 11 is 0. The van der Waals surface area contributed by atoms with Gasteiger partial charge in [-0.05, 0) is 61.9 Å². The van der Waals surface area contributed by atoms with Gasteiger partial charge in [0, 0.05) is 35.3 Å². The number of aryl methyl sites for hydroxylation is 1. The van der Waals surface area contributed by atoms with E-state index in [-0.39, 0.29) is 23.2 Å². The van der Waals surface area contributed by atoms with Gasteiger partial charge in [0.1, 0.15) is 23.0 Å². The number of benzene rings is 2. The van der Waals surface area contributed by atoms with Crippen molar-refractivity contribution in [3.8, 4) is 28.7 Å². The summed E-state index contributed by atoms with van der Waals surface area (Å²) in [5.41, 5.74) is 3.50. The first-order chi connectivity index (χ1) is 17.5. The van der Waals surface area contributed by atoms with E-state index in [1.807, 2.05) is 32.0 Å². The van der Waals surface area contributed by atoms with Gasteiger partial charge >= 0.3 is 0 Å². The van der Waals surface area contributed by atoms with E-state index in [1.54, 1.807) is 61.1 Å². The normalized spacial score (nSPS) is 11.7. The summed E-state index contributed by atoms with van der Waals surface area (Å²) in [5.74, 6) is -0.196. The zero-order valence-electron chi connectivity index (χ0n) is 19.6. The highest BCUT2D eigenvalue weighted by molar-refractivity contribution is 5.86. The first kappa shape index (κ1) is 22.9. The van der Waals surface area contributed by atoms with Gasteiger partial charge < -0.3 is 9.73 Å². The van der Waals surface area contributed by atoms with Crippen LogP contribution in [0, 0.1) is 24.1 Å². The number of fused-ring (bicyclic) bond motifs is 1. The first-order valence-electron chi connectivity index (χ1n) is 11.4. The molecule has 0 saturated heterocycles. The van der Waals surface area contributed by atoms with Crippen LogP contribution in [-0.4, -0.2) is 9.97 Å². The van der Waals surface area contributed by atoms with Crippen LogP contribution >= 0.6 is 0 Å². The Morgan fingerprint density at radius 3 is 2.64 bits per heavy atom. The predicted molar refractivity (Wildman–Crippen MR) is 137 cm³/mol. The van der Waals surface area contributed by atoms with E-state index >= 15 is 0 Å². The minimum absolute atomic E-state index is 0.0678. The Hall–Kier alpha value is -4.83. The Morgan fingerprint density at radius 2 is 1.89 bits per heavy atom. The molecule has 0 bridgehead atoms. The SMILES string of the molecule is Cc1cc([C@@H](C)Nc2cccnc2-c2ccccc2F)c2oc(-c3cccnc3)c(C#N)c(=O)c2c1. The predicted octanol–water partition coefficient (Wildman–Crippen LogP) is 6.41. The van der Waals surface area contributed by atoms with E-state index in [2.05, 4.69) is 15.3 Å². The highest BCUT2D eigenvalue weighted by atomic mass is 19.1. The van der Waals surface area contributed by atoms with Gasteiger partial charge in [0.25, 0.3) is 0 Å². The fourth-order valence-corrected chi connectivity index (χ4v) is 4.30. The second kappa shape index (κ2) is 9.43. The van der Waals surface area contributed by atoms with E-state index in [1.165, 1.54) is 6.07 Å². The van der Waals surface area contributed by atoms with Crippen LogP contribution in [0.2, 0.25) is 0 Å². The molecule has 0 saturated carbocycles. The molecule has 5 rings (SSSR count). The second-order valence-electron chi connectivity index (χ2n) is 8.47. The van der Waals surface area contributed by atoms with Crippen molar-refractivity contribution in [2.45, 2.75) is 19.9 Å². The zero-order chi connectivity index (χ0) is 25.2. The van der Waals surface area contributed by atoms with Crippen molar-refractivity contribution >= 4 is 16.7 Å². The second-order valence-corrected chi connectivity index (χ2v) is 8.47. The Labute approximate surface area is 206 Å². The van der Waals surface area contributed by atoms with Crippen LogP contribution in [0.25, 0.3) is 33.6 Å². The Morgan fingerprint density at radius 1 is 1.08 bits per heavy atom. The molecule has 0 unspecified atom stereocenters. The number of hydrogen-bond donors (Lipinski definition) is 1. The van der Waals surface area contributed by atoms with Gasteiger partial charge in [0.05, 0.1) is 22.8 Å². The molecule has 0 aliphatic rings. The third-order valence-electron chi connectivity index (χ3n) is 5.98. The van der Waals surface area contributed by atoms with Crippen LogP contribution in [-0.2, 0) is 0 Å². The number of nitrogens with zero attached hydrogens (tertiary/aromatic N) is 3. The standard InChI is InChI=1S/C29H21FN4O2/c1-17-13-21(18(2)34-25-10-6-12-33-26(25)20-8-3-4-9-24(20)30)29-22(14-17)27(35)23(15-31)28(36-29)19-7-5-11-32-16-19/h3-14,16,18,34H,1-2H3/t18-/m1/s1. The van der Waals surface area contributed by atoms with Crippen LogP contribution in [0.1, 0.15) is 29.7 Å². The van der Waals surface area contributed by atoms with Crippen molar-refractivity contribution in [2.24, 2.45) is 0 Å². The van der Waals surface area contributed by atoms with Crippen molar-refractivity contribution in [2.75, 3.05) is 5.32 Å². The summed E-state index contributed by atoms with van der Waals surface area (Å²) in [4.78, 5) is 21.8. The largest absolute Gasteiger partial charge is 0.454 e. The third kappa shape index (κ3) is 4.10. The molecule has 5 aromatic rings. The van der Waals surface area contributed by atoms with E-state index < -0.39 is 5.43 Å². The van der Waals surface area contributed by atoms with Crippen LogP contribution in [0.4, 0.5) is 10.1 Å². The molecule has 176 valence electrons. The van der Waals surface area contributed by atoms with Gasteiger partial charge in [0.2, 0.25) is 5.43 Å². The summed E-state index contributed by atoms with van der Waals surface area (Å²) in [6.45, 7) is 3.80. The molecule has 0 fully saturated rings. The lowest BCUT2D eigenvalue weighted by molar-refractivity contribution is 0.608. The van der Waals surface area contributed by atoms with Crippen LogP contribution < -0.4 is 10.7 Å². The number of anilines is 1. The molecule has 3 aromatic heterocycles. The van der Waals surface area contributed by atoms with Gasteiger partial charge in [-0.3, -0.25) is 14.8 Å². The number of hydrogen-bond acceptors (Lipinski definition) is 6. The molecule has 0 aliphatic heterocycles. The molecule has 2 aromatic carbocycles. The lowest BCUT2D eigenvalue weighted by Gasteiger charge is -2.20. The van der Waals surface area contributed by atoms with Gasteiger partial charge in [-0.25, -0.2) is 4.39 Å². The maximum absolute atomic E-state index is 14.5. The topological polar surface area (TPSA) is 91.8 Å². The highest BCUT2D eigenvalue weighted by Gasteiger charge is 2.22. The van der Waals surface area contributed by atoms with Gasteiger partial charge in [-0.1, -0.05) is 18.2 Å². The highest BCUT2D eigenvalue weighted by Crippen LogP contribution is 2.34. The molecule has 1 atom stereocenters. The summed E-state index contributed by atoms with van der Waals surface area (Å²) < 4.78 is 20.8. The summed E-state index contributed by atoms with van der Waals surface area (Å²) in [7, 11) is 0. The summed E-state index contributed by atoms with van der Waals surface area (Å²) in [6.07, 6.45) is 4.77. The van der Waals surface area contributed by atoms with E-state index in [9.17, 15) is 14.4 Å². The number of rotatable bonds is 5. The third-order valence-corrected chi connectivity index (χ3v) is 5.98. The number of nitrogens with one attached hydrogen (secondary N) is 1. The van der Waals surface area contributed by atoms with Crippen molar-refractivity contribution in [1.29, 1.82) is 5.26 Å². The number of aromatic nitrogens is 2. The lowest BCUT2D eigenvalue weighted by Crippen LogP contribution is -2.13. The Kier molecular flexibility index (Phi) is 6.01. The molecule has 0 radical (unpaired) electrons. The number of nitriles is 1. The number of halogens is 1. The monoisotopic (exact) mass is 476 g/mol. The van der Waals surface area contributed by atoms with Crippen LogP contribution in [0.3, 0.4) is 0 Å². The molecule has 6 nitrogen and oxygen atoms in total. The summed E-state index contributed by atoms with van der Waals surface area (Å²) in [5, 5.41) is 13.5. The minimum Gasteiger partial charge on any atom is -0.454 e. The smallest absolute Gasteiger partial charge is 0.211 e. The van der Waals surface area contributed by atoms with Gasteiger partial charge in [-0.15, -0.1) is 0 Å². The van der Waals surface area contributed by atoms with Crippen LogP contribution in [0.5, 0.6) is 0 Å². The fourth-order valence-electron chi connectivity index (χ4n) is 4.30. The minimum atomic E-state index is -0.400. The fraction of sp³-hybridized carbons (Fsp3) is 0.103. The molecule has 0 spiro atoms. The van der Waals surface area contributed by atoms with E-state index in [4.69, 9.17) is 4.42 Å². The zero-order valence-corrected chi connectivity index (χ0v) is 19.6. The Bertz CT molecular complexity index is 1690. The van der Waals surface area contributed by atoms with Gasteiger partial charge in [-0.2, -0.15) is 5.26 Å². The van der Waals surface area contributed by atoms with Crippen LogP contribution in [0.15, 0.2) is 88.5 Å². The average molecular weight is 477 g/mol. The van der Waals surface area contributed by atoms with E-state index in [0.29, 0.717) is 33.5 Å². The molecule has 3 heterocycles. The molecule has 1 N–H and O–H groups in total. The van der Waals surface area contributed by atoms with Crippen molar-refractivity contribution in [3.63, 3.8) is 0 Å². The maximum atomic E-state index is 14.5. The first-order valence-corrected chi connectivity index (χ1v) is 11.4. The molecule has 7 heteroatoms. The molecular weight excluding hydrogens is 455 g/mol. The molecule has 36 heavy (non-hydrogen) atoms. The molecule has 0 aliphatic carbocycles. The average Bonchev–Trinajstić information content (AvgIpc) is 2.90. The Balaban J connectivity index is 1.66. The lowest BCUT2D eigenvalue weighted by atomic mass is 9.98. The van der Waals surface area contributed by atoms with Gasteiger partial charge in [0.15, 0.2) is 5.76 Å². The molecular formula is C29H21FN4O2. The maximum Gasteiger partial charge on any atom is 0.211 e. The van der Waals surface area contributed by atoms with Crippen molar-refractivity contribution in [3.05, 3.63) is 112 Å². The molecule has 0 amide bonds. The van der Waals surface area contributed by atoms with E-state index in [0.717, 1.165) is 11.1 Å². The quantitative estimate of drug-likeness (QED) is 0.315. The van der Waals surface area contributed by atoms with Crippen molar-refractivity contribution < 1.29 is 8.81 Å². The number of pyridine rings is 2. The summed E-state index contributed by atoms with van der Waals surface area (Å²) in [6, 6.07) is 18.8.